The number of furan rings is 1. The van der Waals surface area contributed by atoms with E-state index >= 15 is 0 Å². The number of rotatable bonds is 11. The van der Waals surface area contributed by atoms with Gasteiger partial charge in [-0.25, -0.2) is 4.68 Å². The number of aromatic amines is 1. The molecule has 0 saturated carbocycles. The van der Waals surface area contributed by atoms with Crippen LogP contribution < -0.4 is 10.3 Å². The number of fused-ring (bicyclic) bond motifs is 1. The molecule has 43 heavy (non-hydrogen) atoms. The number of H-pyrrole nitrogens is 1. The Labute approximate surface area is 249 Å². The summed E-state index contributed by atoms with van der Waals surface area (Å²) in [6.45, 7) is 5.56. The molecule has 3 aromatic carbocycles. The SMILES string of the molecule is COc1ccc(CN(Cc2ccco2)[C@@H](c2cc3c(C)ccc(C)c3[nH]c2=O)c2nnnn2CCc2ccccc2)cc1. The number of nitrogens with one attached hydrogen (secondary N) is 1. The second-order valence-corrected chi connectivity index (χ2v) is 10.8. The van der Waals surface area contributed by atoms with Gasteiger partial charge in [0.25, 0.3) is 5.56 Å². The first-order valence-corrected chi connectivity index (χ1v) is 14.3. The van der Waals surface area contributed by atoms with E-state index in [0.717, 1.165) is 45.5 Å². The molecule has 6 aromatic rings. The highest BCUT2D eigenvalue weighted by Gasteiger charge is 2.31. The van der Waals surface area contributed by atoms with Crippen LogP contribution in [0.25, 0.3) is 10.9 Å². The van der Waals surface area contributed by atoms with Gasteiger partial charge in [-0.15, -0.1) is 5.10 Å². The van der Waals surface area contributed by atoms with Crippen LogP contribution in [-0.2, 0) is 26.1 Å². The second-order valence-electron chi connectivity index (χ2n) is 10.8. The zero-order chi connectivity index (χ0) is 29.8. The van der Waals surface area contributed by atoms with Gasteiger partial charge in [0, 0.05) is 24.0 Å². The molecule has 0 spiro atoms. The lowest BCUT2D eigenvalue weighted by Gasteiger charge is -2.30. The molecule has 0 unspecified atom stereocenters. The Morgan fingerprint density at radius 2 is 1.72 bits per heavy atom. The van der Waals surface area contributed by atoms with E-state index in [1.165, 1.54) is 5.56 Å². The van der Waals surface area contributed by atoms with Gasteiger partial charge in [-0.2, -0.15) is 0 Å². The number of hydrogen-bond donors (Lipinski definition) is 1. The van der Waals surface area contributed by atoms with Crippen LogP contribution in [0.15, 0.2) is 100 Å². The number of aryl methyl sites for hydroxylation is 4. The number of pyridine rings is 1. The Balaban J connectivity index is 1.49. The Morgan fingerprint density at radius 1 is 0.930 bits per heavy atom. The molecule has 0 radical (unpaired) electrons. The van der Waals surface area contributed by atoms with Gasteiger partial charge < -0.3 is 14.1 Å². The lowest BCUT2D eigenvalue weighted by Crippen LogP contribution is -2.35. The fourth-order valence-corrected chi connectivity index (χ4v) is 5.55. The highest BCUT2D eigenvalue weighted by atomic mass is 16.5. The Kier molecular flexibility index (Phi) is 8.15. The van der Waals surface area contributed by atoms with Crippen molar-refractivity contribution < 1.29 is 9.15 Å². The molecule has 218 valence electrons. The summed E-state index contributed by atoms with van der Waals surface area (Å²) in [4.78, 5) is 19.3. The zero-order valence-electron chi connectivity index (χ0n) is 24.5. The van der Waals surface area contributed by atoms with Crippen LogP contribution >= 0.6 is 0 Å². The molecule has 0 saturated heterocycles. The topological polar surface area (TPSA) is 102 Å². The van der Waals surface area contributed by atoms with Crippen molar-refractivity contribution in [3.8, 4) is 5.75 Å². The highest BCUT2D eigenvalue weighted by molar-refractivity contribution is 5.85. The molecule has 3 heterocycles. The fourth-order valence-electron chi connectivity index (χ4n) is 5.55. The van der Waals surface area contributed by atoms with E-state index in [-0.39, 0.29) is 5.56 Å². The normalized spacial score (nSPS) is 12.2. The molecule has 0 bridgehead atoms. The van der Waals surface area contributed by atoms with Crippen LogP contribution in [0.1, 0.15) is 45.4 Å². The predicted octanol–water partition coefficient (Wildman–Crippen LogP) is 5.77. The van der Waals surface area contributed by atoms with Crippen molar-refractivity contribution in [1.29, 1.82) is 0 Å². The first-order chi connectivity index (χ1) is 21.0. The molecular formula is C34H34N6O3. The third kappa shape index (κ3) is 6.12. The van der Waals surface area contributed by atoms with E-state index < -0.39 is 6.04 Å². The molecule has 1 N–H and O–H groups in total. The van der Waals surface area contributed by atoms with Gasteiger partial charge in [0.05, 0.1) is 25.4 Å². The number of aromatic nitrogens is 5. The largest absolute Gasteiger partial charge is 0.497 e. The standard InChI is InChI=1S/C34H34N6O3/c1-23-11-12-24(2)31-29(23)20-30(34(41)35-31)32(33-36-37-38-40(33)18-17-25-8-5-4-6-9-25)39(22-28-10-7-19-43-28)21-26-13-15-27(42-3)16-14-26/h4-16,19-20,32H,17-18,21-22H2,1-3H3,(H,35,41)/t32-/m0/s1. The first kappa shape index (κ1) is 28.1. The maximum atomic E-state index is 14.0. The number of tetrazole rings is 1. The van der Waals surface area contributed by atoms with E-state index in [1.807, 2.05) is 78.3 Å². The van der Waals surface area contributed by atoms with E-state index in [0.29, 0.717) is 31.0 Å². The molecule has 0 aliphatic rings. The summed E-state index contributed by atoms with van der Waals surface area (Å²) in [7, 11) is 1.65. The summed E-state index contributed by atoms with van der Waals surface area (Å²) in [5, 5.41) is 14.0. The number of ether oxygens (including phenoxy) is 1. The van der Waals surface area contributed by atoms with Gasteiger partial charge in [0.15, 0.2) is 5.82 Å². The smallest absolute Gasteiger partial charge is 0.253 e. The minimum atomic E-state index is -0.578. The lowest BCUT2D eigenvalue weighted by atomic mass is 9.99. The second kappa shape index (κ2) is 12.5. The molecule has 0 aliphatic carbocycles. The van der Waals surface area contributed by atoms with Gasteiger partial charge >= 0.3 is 0 Å². The minimum Gasteiger partial charge on any atom is -0.497 e. The van der Waals surface area contributed by atoms with Gasteiger partial charge in [0.2, 0.25) is 0 Å². The Morgan fingerprint density at radius 3 is 2.47 bits per heavy atom. The third-order valence-corrected chi connectivity index (χ3v) is 7.88. The summed E-state index contributed by atoms with van der Waals surface area (Å²) in [6, 6.07) is 27.5. The van der Waals surface area contributed by atoms with Gasteiger partial charge in [-0.05, 0) is 83.3 Å². The van der Waals surface area contributed by atoms with Crippen LogP contribution in [0.3, 0.4) is 0 Å². The average molecular weight is 575 g/mol. The number of methoxy groups -OCH3 is 1. The highest BCUT2D eigenvalue weighted by Crippen LogP contribution is 2.31. The average Bonchev–Trinajstić information content (AvgIpc) is 3.72. The van der Waals surface area contributed by atoms with Crippen molar-refractivity contribution in [2.45, 2.75) is 45.9 Å². The molecule has 9 heteroatoms. The van der Waals surface area contributed by atoms with Crippen molar-refractivity contribution >= 4 is 10.9 Å². The van der Waals surface area contributed by atoms with Crippen LogP contribution in [0.2, 0.25) is 0 Å². The quantitative estimate of drug-likeness (QED) is 0.210. The monoisotopic (exact) mass is 574 g/mol. The Bertz CT molecular complexity index is 1860. The maximum Gasteiger partial charge on any atom is 0.253 e. The van der Waals surface area contributed by atoms with E-state index in [2.05, 4.69) is 50.5 Å². The lowest BCUT2D eigenvalue weighted by molar-refractivity contribution is 0.178. The van der Waals surface area contributed by atoms with Crippen molar-refractivity contribution in [3.05, 3.63) is 141 Å². The summed E-state index contributed by atoms with van der Waals surface area (Å²) in [5.41, 5.74) is 5.54. The molecule has 0 fully saturated rings. The maximum absolute atomic E-state index is 14.0. The summed E-state index contributed by atoms with van der Waals surface area (Å²) in [6.07, 6.45) is 2.41. The van der Waals surface area contributed by atoms with E-state index in [4.69, 9.17) is 9.15 Å². The van der Waals surface area contributed by atoms with Gasteiger partial charge in [-0.1, -0.05) is 54.6 Å². The number of hydrogen-bond acceptors (Lipinski definition) is 7. The van der Waals surface area contributed by atoms with Crippen molar-refractivity contribution in [2.24, 2.45) is 0 Å². The molecule has 1 atom stereocenters. The van der Waals surface area contributed by atoms with Crippen LogP contribution in [0, 0.1) is 13.8 Å². The summed E-state index contributed by atoms with van der Waals surface area (Å²) >= 11 is 0. The summed E-state index contributed by atoms with van der Waals surface area (Å²) in [5.74, 6) is 2.14. The third-order valence-electron chi connectivity index (χ3n) is 7.88. The first-order valence-electron chi connectivity index (χ1n) is 14.3. The predicted molar refractivity (Wildman–Crippen MR) is 165 cm³/mol. The number of benzene rings is 3. The van der Waals surface area contributed by atoms with Gasteiger partial charge in [-0.3, -0.25) is 9.69 Å². The van der Waals surface area contributed by atoms with Crippen molar-refractivity contribution in [2.75, 3.05) is 7.11 Å². The van der Waals surface area contributed by atoms with Crippen molar-refractivity contribution in [1.82, 2.24) is 30.1 Å². The zero-order valence-corrected chi connectivity index (χ0v) is 24.5. The van der Waals surface area contributed by atoms with Crippen LogP contribution in [-0.4, -0.2) is 37.2 Å². The summed E-state index contributed by atoms with van der Waals surface area (Å²) < 4.78 is 13.0. The minimum absolute atomic E-state index is 0.178. The van der Waals surface area contributed by atoms with E-state index in [9.17, 15) is 4.79 Å². The molecule has 0 amide bonds. The molecule has 9 nitrogen and oxygen atoms in total. The Hall–Kier alpha value is -5.02. The molecule has 3 aromatic heterocycles. The van der Waals surface area contributed by atoms with E-state index in [1.54, 1.807) is 13.4 Å². The van der Waals surface area contributed by atoms with Crippen LogP contribution in [0.5, 0.6) is 5.75 Å². The van der Waals surface area contributed by atoms with Gasteiger partial charge in [0.1, 0.15) is 17.6 Å². The number of nitrogens with zero attached hydrogens (tertiary/aromatic N) is 5. The van der Waals surface area contributed by atoms with Crippen LogP contribution in [0.4, 0.5) is 0 Å². The molecular weight excluding hydrogens is 540 g/mol. The molecule has 0 aliphatic heterocycles. The fraction of sp³-hybridized carbons (Fsp3) is 0.235. The molecule has 6 rings (SSSR count). The van der Waals surface area contributed by atoms with Crippen molar-refractivity contribution in [3.63, 3.8) is 0 Å².